The Labute approximate surface area is 113 Å². The zero-order valence-corrected chi connectivity index (χ0v) is 9.92. The summed E-state index contributed by atoms with van der Waals surface area (Å²) in [4.78, 5) is 23.0. The van der Waals surface area contributed by atoms with Crippen molar-refractivity contribution in [2.75, 3.05) is 4.90 Å². The largest absolute Gasteiger partial charge is 0.416 e. The van der Waals surface area contributed by atoms with Crippen LogP contribution in [0.15, 0.2) is 30.4 Å². The van der Waals surface area contributed by atoms with Crippen molar-refractivity contribution in [1.29, 1.82) is 0 Å². The highest BCUT2D eigenvalue weighted by Gasteiger charge is 2.38. The second-order valence-corrected chi connectivity index (χ2v) is 4.11. The molecule has 0 unspecified atom stereocenters. The summed E-state index contributed by atoms with van der Waals surface area (Å²) >= 11 is 0. The molecule has 0 N–H and O–H groups in total. The van der Waals surface area contributed by atoms with Gasteiger partial charge in [-0.3, -0.25) is 9.59 Å². The van der Waals surface area contributed by atoms with E-state index in [2.05, 4.69) is 0 Å². The van der Waals surface area contributed by atoms with Gasteiger partial charge in [-0.15, -0.1) is 0 Å². The molecular formula is C12H5F6NO2. The molecule has 0 aliphatic carbocycles. The van der Waals surface area contributed by atoms with Crippen LogP contribution >= 0.6 is 0 Å². The van der Waals surface area contributed by atoms with E-state index in [1.54, 1.807) is 0 Å². The summed E-state index contributed by atoms with van der Waals surface area (Å²) in [7, 11) is 0. The van der Waals surface area contributed by atoms with E-state index >= 15 is 0 Å². The maximum absolute atomic E-state index is 12.6. The summed E-state index contributed by atoms with van der Waals surface area (Å²) in [6.45, 7) is 0. The van der Waals surface area contributed by atoms with Gasteiger partial charge in [-0.25, -0.2) is 4.90 Å². The van der Waals surface area contributed by atoms with Gasteiger partial charge in [-0.1, -0.05) is 0 Å². The first-order valence-corrected chi connectivity index (χ1v) is 5.36. The summed E-state index contributed by atoms with van der Waals surface area (Å²) in [6, 6.07) is 0.554. The van der Waals surface area contributed by atoms with Crippen molar-refractivity contribution in [3.05, 3.63) is 41.5 Å². The highest BCUT2D eigenvalue weighted by molar-refractivity contribution is 6.28. The van der Waals surface area contributed by atoms with E-state index < -0.39 is 41.0 Å². The minimum atomic E-state index is -5.05. The lowest BCUT2D eigenvalue weighted by Crippen LogP contribution is -2.30. The molecule has 3 nitrogen and oxygen atoms in total. The fraction of sp³-hybridized carbons (Fsp3) is 0.167. The van der Waals surface area contributed by atoms with Crippen LogP contribution < -0.4 is 4.90 Å². The third-order valence-electron chi connectivity index (χ3n) is 2.64. The molecule has 1 aliphatic heterocycles. The SMILES string of the molecule is O=C1C=CC(=O)N1c1cc(C(F)(F)F)cc(C(F)(F)F)c1. The number of benzene rings is 1. The van der Waals surface area contributed by atoms with Gasteiger partial charge < -0.3 is 0 Å². The molecule has 1 heterocycles. The third kappa shape index (κ3) is 2.91. The first kappa shape index (κ1) is 15.1. The van der Waals surface area contributed by atoms with Crippen LogP contribution in [0.25, 0.3) is 0 Å². The molecule has 112 valence electrons. The number of carbonyl (C=O) groups excluding carboxylic acids is 2. The number of hydrogen-bond acceptors (Lipinski definition) is 2. The number of carbonyl (C=O) groups is 2. The molecule has 1 aromatic carbocycles. The molecule has 0 spiro atoms. The van der Waals surface area contributed by atoms with Gasteiger partial charge in [-0.2, -0.15) is 26.3 Å². The summed E-state index contributed by atoms with van der Waals surface area (Å²) in [5, 5.41) is 0. The van der Waals surface area contributed by atoms with Gasteiger partial charge in [0.2, 0.25) is 0 Å². The van der Waals surface area contributed by atoms with Gasteiger partial charge in [0.15, 0.2) is 0 Å². The fourth-order valence-corrected chi connectivity index (χ4v) is 1.72. The Morgan fingerprint density at radius 3 is 1.43 bits per heavy atom. The first-order valence-electron chi connectivity index (χ1n) is 5.36. The van der Waals surface area contributed by atoms with Crippen molar-refractivity contribution in [2.24, 2.45) is 0 Å². The second kappa shape index (κ2) is 4.61. The van der Waals surface area contributed by atoms with E-state index in [4.69, 9.17) is 0 Å². The van der Waals surface area contributed by atoms with Crippen LogP contribution in [0.4, 0.5) is 32.0 Å². The molecule has 1 aromatic rings. The van der Waals surface area contributed by atoms with Gasteiger partial charge in [0.05, 0.1) is 16.8 Å². The van der Waals surface area contributed by atoms with Crippen molar-refractivity contribution in [1.82, 2.24) is 0 Å². The van der Waals surface area contributed by atoms with Crippen LogP contribution in [0.5, 0.6) is 0 Å². The monoisotopic (exact) mass is 309 g/mol. The molecule has 0 saturated carbocycles. The van der Waals surface area contributed by atoms with Crippen LogP contribution in [0.2, 0.25) is 0 Å². The standard InChI is InChI=1S/C12H5F6NO2/c13-11(14,15)6-3-7(12(16,17)18)5-8(4-6)19-9(20)1-2-10(19)21/h1-5H. The summed E-state index contributed by atoms with van der Waals surface area (Å²) in [6.07, 6.45) is -8.57. The first-order chi connectivity index (χ1) is 9.50. The Morgan fingerprint density at radius 2 is 1.10 bits per heavy atom. The fourth-order valence-electron chi connectivity index (χ4n) is 1.72. The van der Waals surface area contributed by atoms with E-state index in [1.807, 2.05) is 0 Å². The number of halogens is 6. The molecule has 0 fully saturated rings. The van der Waals surface area contributed by atoms with Gasteiger partial charge in [0.1, 0.15) is 0 Å². The molecular weight excluding hydrogens is 304 g/mol. The molecule has 0 radical (unpaired) electrons. The number of nitrogens with zero attached hydrogens (tertiary/aromatic N) is 1. The Morgan fingerprint density at radius 1 is 0.714 bits per heavy atom. The zero-order valence-electron chi connectivity index (χ0n) is 9.92. The van der Waals surface area contributed by atoms with Gasteiger partial charge in [0.25, 0.3) is 11.8 Å². The van der Waals surface area contributed by atoms with Gasteiger partial charge in [0, 0.05) is 12.2 Å². The van der Waals surface area contributed by atoms with Crippen molar-refractivity contribution in [3.8, 4) is 0 Å². The second-order valence-electron chi connectivity index (χ2n) is 4.11. The minimum Gasteiger partial charge on any atom is -0.269 e. The number of imide groups is 1. The molecule has 0 aromatic heterocycles. The minimum absolute atomic E-state index is 0.0814. The molecule has 2 rings (SSSR count). The number of hydrogen-bond donors (Lipinski definition) is 0. The Kier molecular flexibility index (Phi) is 3.31. The summed E-state index contributed by atoms with van der Waals surface area (Å²) < 4.78 is 75.9. The highest BCUT2D eigenvalue weighted by Crippen LogP contribution is 2.38. The van der Waals surface area contributed by atoms with Crippen LogP contribution in [0.1, 0.15) is 11.1 Å². The number of rotatable bonds is 1. The van der Waals surface area contributed by atoms with Crippen LogP contribution in [0, 0.1) is 0 Å². The zero-order chi connectivity index (χ0) is 16.0. The quantitative estimate of drug-likeness (QED) is 0.590. The highest BCUT2D eigenvalue weighted by atomic mass is 19.4. The van der Waals surface area contributed by atoms with Crippen molar-refractivity contribution >= 4 is 17.5 Å². The molecule has 1 aliphatic rings. The van der Waals surface area contributed by atoms with E-state index in [9.17, 15) is 35.9 Å². The average molecular weight is 309 g/mol. The van der Waals surface area contributed by atoms with Crippen LogP contribution in [-0.4, -0.2) is 11.8 Å². The lowest BCUT2D eigenvalue weighted by molar-refractivity contribution is -0.143. The third-order valence-corrected chi connectivity index (χ3v) is 2.64. The van der Waals surface area contributed by atoms with E-state index in [-0.39, 0.29) is 11.0 Å². The van der Waals surface area contributed by atoms with E-state index in [1.165, 1.54) is 0 Å². The normalized spacial score (nSPS) is 16.0. The molecule has 9 heteroatoms. The van der Waals surface area contributed by atoms with Crippen molar-refractivity contribution in [2.45, 2.75) is 12.4 Å². The molecule has 0 bridgehead atoms. The lowest BCUT2D eigenvalue weighted by Gasteiger charge is -2.18. The maximum atomic E-state index is 12.6. The van der Waals surface area contributed by atoms with E-state index in [0.717, 1.165) is 12.2 Å². The van der Waals surface area contributed by atoms with E-state index in [0.29, 0.717) is 12.1 Å². The maximum Gasteiger partial charge on any atom is 0.416 e. The number of amides is 2. The smallest absolute Gasteiger partial charge is 0.269 e. The molecule has 2 amide bonds. The van der Waals surface area contributed by atoms with Gasteiger partial charge in [-0.05, 0) is 18.2 Å². The summed E-state index contributed by atoms with van der Waals surface area (Å²) in [5.41, 5.74) is -3.98. The Balaban J connectivity index is 2.61. The molecule has 0 atom stereocenters. The predicted octanol–water partition coefficient (Wildman–Crippen LogP) is 3.15. The Hall–Kier alpha value is -2.32. The van der Waals surface area contributed by atoms with Crippen LogP contribution in [-0.2, 0) is 21.9 Å². The number of alkyl halides is 6. The predicted molar refractivity (Wildman–Crippen MR) is 58.1 cm³/mol. The van der Waals surface area contributed by atoms with Crippen molar-refractivity contribution < 1.29 is 35.9 Å². The Bertz CT molecular complexity index is 594. The van der Waals surface area contributed by atoms with Gasteiger partial charge >= 0.3 is 12.4 Å². The summed E-state index contributed by atoms with van der Waals surface area (Å²) in [5.74, 6) is -2.01. The molecule has 0 saturated heterocycles. The van der Waals surface area contributed by atoms with Crippen molar-refractivity contribution in [3.63, 3.8) is 0 Å². The van der Waals surface area contributed by atoms with Crippen LogP contribution in [0.3, 0.4) is 0 Å². The average Bonchev–Trinajstić information content (AvgIpc) is 2.66. The number of anilines is 1. The lowest BCUT2D eigenvalue weighted by atomic mass is 10.1. The molecule has 21 heavy (non-hydrogen) atoms. The topological polar surface area (TPSA) is 37.4 Å².